The fourth-order valence-electron chi connectivity index (χ4n) is 2.00. The minimum absolute atomic E-state index is 0.517. The lowest BCUT2D eigenvalue weighted by molar-refractivity contribution is 0.369. The number of hydrogen-bond donors (Lipinski definition) is 1. The van der Waals surface area contributed by atoms with Crippen molar-refractivity contribution in [1.82, 2.24) is 10.1 Å². The van der Waals surface area contributed by atoms with Crippen LogP contribution in [0, 0.1) is 0 Å². The quantitative estimate of drug-likeness (QED) is 0.896. The average Bonchev–Trinajstić information content (AvgIpc) is 2.76. The molecule has 1 saturated carbocycles. The maximum absolute atomic E-state index is 5.92. The minimum atomic E-state index is -0.517. The van der Waals surface area contributed by atoms with Crippen molar-refractivity contribution in [3.8, 4) is 0 Å². The van der Waals surface area contributed by atoms with Crippen LogP contribution in [0.25, 0.3) is 0 Å². The van der Waals surface area contributed by atoms with E-state index in [9.17, 15) is 0 Å². The van der Waals surface area contributed by atoms with Gasteiger partial charge in [0.1, 0.15) is 0 Å². The van der Waals surface area contributed by atoms with Crippen LogP contribution in [0.15, 0.2) is 4.52 Å². The second kappa shape index (κ2) is 5.40. The van der Waals surface area contributed by atoms with Crippen LogP contribution >= 0.6 is 11.8 Å². The Labute approximate surface area is 107 Å². The van der Waals surface area contributed by atoms with Crippen LogP contribution in [0.5, 0.6) is 0 Å². The van der Waals surface area contributed by atoms with E-state index in [1.807, 2.05) is 25.6 Å². The highest BCUT2D eigenvalue weighted by molar-refractivity contribution is 7.99. The first kappa shape index (κ1) is 12.9. The fraction of sp³-hybridized carbons (Fsp3) is 0.833. The summed E-state index contributed by atoms with van der Waals surface area (Å²) < 4.78 is 5.22. The first-order chi connectivity index (χ1) is 8.05. The monoisotopic (exact) mass is 255 g/mol. The molecule has 0 saturated heterocycles. The van der Waals surface area contributed by atoms with Crippen LogP contribution in [0.2, 0.25) is 0 Å². The van der Waals surface area contributed by atoms with Gasteiger partial charge < -0.3 is 10.3 Å². The average molecular weight is 255 g/mol. The molecule has 2 rings (SSSR count). The zero-order chi connectivity index (χ0) is 12.3. The predicted molar refractivity (Wildman–Crippen MR) is 69.7 cm³/mol. The number of thioether (sulfide) groups is 1. The maximum atomic E-state index is 5.92. The van der Waals surface area contributed by atoms with Crippen molar-refractivity contribution in [1.29, 1.82) is 0 Å². The number of nitrogens with zero attached hydrogens (tertiary/aromatic N) is 2. The highest BCUT2D eigenvalue weighted by Gasteiger charge is 2.22. The molecule has 1 heterocycles. The molecule has 4 nitrogen and oxygen atoms in total. The van der Waals surface area contributed by atoms with Gasteiger partial charge in [-0.1, -0.05) is 24.4 Å². The Kier molecular flexibility index (Phi) is 4.09. The van der Waals surface area contributed by atoms with Crippen molar-refractivity contribution in [2.24, 2.45) is 5.73 Å². The summed E-state index contributed by atoms with van der Waals surface area (Å²) in [6, 6.07) is 0. The molecular weight excluding hydrogens is 234 g/mol. The molecule has 1 aliphatic rings. The Morgan fingerprint density at radius 1 is 1.35 bits per heavy atom. The topological polar surface area (TPSA) is 64.9 Å². The third kappa shape index (κ3) is 3.71. The standard InChI is InChI=1S/C12H21N3OS/c1-12(2,13)11-14-10(16-15-11)8-17-9-6-4-3-5-7-9/h9H,3-8,13H2,1-2H3. The Balaban J connectivity index is 1.84. The van der Waals surface area contributed by atoms with Gasteiger partial charge in [-0.05, 0) is 26.7 Å². The molecule has 0 radical (unpaired) electrons. The largest absolute Gasteiger partial charge is 0.338 e. The highest BCUT2D eigenvalue weighted by Crippen LogP contribution is 2.30. The molecule has 1 fully saturated rings. The van der Waals surface area contributed by atoms with Gasteiger partial charge in [-0.25, -0.2) is 0 Å². The van der Waals surface area contributed by atoms with E-state index in [1.165, 1.54) is 32.1 Å². The zero-order valence-electron chi connectivity index (χ0n) is 10.6. The molecule has 2 N–H and O–H groups in total. The van der Waals surface area contributed by atoms with E-state index in [1.54, 1.807) is 0 Å². The van der Waals surface area contributed by atoms with Crippen molar-refractivity contribution >= 4 is 11.8 Å². The first-order valence-electron chi connectivity index (χ1n) is 6.29. The van der Waals surface area contributed by atoms with Gasteiger partial charge in [0, 0.05) is 5.25 Å². The van der Waals surface area contributed by atoms with Gasteiger partial charge in [0.05, 0.1) is 11.3 Å². The SMILES string of the molecule is CC(C)(N)c1noc(CSC2CCCCC2)n1. The van der Waals surface area contributed by atoms with Crippen molar-refractivity contribution in [2.75, 3.05) is 0 Å². The molecule has 0 atom stereocenters. The molecule has 5 heteroatoms. The lowest BCUT2D eigenvalue weighted by atomic mass is 10.0. The summed E-state index contributed by atoms with van der Waals surface area (Å²) in [5.74, 6) is 2.11. The lowest BCUT2D eigenvalue weighted by Gasteiger charge is -2.19. The summed E-state index contributed by atoms with van der Waals surface area (Å²) in [7, 11) is 0. The molecule has 0 unspecified atom stereocenters. The third-order valence-corrected chi connectivity index (χ3v) is 4.40. The van der Waals surface area contributed by atoms with E-state index in [0.29, 0.717) is 11.7 Å². The van der Waals surface area contributed by atoms with Crippen LogP contribution in [0.4, 0.5) is 0 Å². The fourth-order valence-corrected chi connectivity index (χ4v) is 3.16. The lowest BCUT2D eigenvalue weighted by Crippen LogP contribution is -2.30. The van der Waals surface area contributed by atoms with Gasteiger partial charge in [-0.15, -0.1) is 11.8 Å². The Bertz CT molecular complexity index is 353. The molecular formula is C12H21N3OS. The van der Waals surface area contributed by atoms with Gasteiger partial charge in [0.25, 0.3) is 0 Å². The van der Waals surface area contributed by atoms with Gasteiger partial charge >= 0.3 is 0 Å². The van der Waals surface area contributed by atoms with Gasteiger partial charge in [0.15, 0.2) is 5.82 Å². The third-order valence-electron chi connectivity index (χ3n) is 3.04. The molecule has 96 valence electrons. The Morgan fingerprint density at radius 3 is 2.65 bits per heavy atom. The van der Waals surface area contributed by atoms with Crippen LogP contribution in [-0.2, 0) is 11.3 Å². The Morgan fingerprint density at radius 2 is 2.06 bits per heavy atom. The summed E-state index contributed by atoms with van der Waals surface area (Å²) in [6.07, 6.45) is 6.77. The molecule has 1 aromatic heterocycles. The van der Waals surface area contributed by atoms with Crippen molar-refractivity contribution in [3.63, 3.8) is 0 Å². The number of nitrogens with two attached hydrogens (primary N) is 1. The van der Waals surface area contributed by atoms with Crippen LogP contribution < -0.4 is 5.73 Å². The van der Waals surface area contributed by atoms with E-state index < -0.39 is 5.54 Å². The number of hydrogen-bond acceptors (Lipinski definition) is 5. The normalized spacial score (nSPS) is 18.5. The van der Waals surface area contributed by atoms with Gasteiger partial charge in [0.2, 0.25) is 5.89 Å². The number of rotatable bonds is 4. The molecule has 0 bridgehead atoms. The van der Waals surface area contributed by atoms with Crippen molar-refractivity contribution in [2.45, 2.75) is 62.5 Å². The molecule has 17 heavy (non-hydrogen) atoms. The highest BCUT2D eigenvalue weighted by atomic mass is 32.2. The smallest absolute Gasteiger partial charge is 0.236 e. The number of aromatic nitrogens is 2. The van der Waals surface area contributed by atoms with E-state index in [2.05, 4.69) is 10.1 Å². The van der Waals surface area contributed by atoms with Gasteiger partial charge in [-0.3, -0.25) is 0 Å². The first-order valence-corrected chi connectivity index (χ1v) is 7.34. The minimum Gasteiger partial charge on any atom is -0.338 e. The second-order valence-corrected chi connectivity index (χ2v) is 6.59. The summed E-state index contributed by atoms with van der Waals surface area (Å²) in [4.78, 5) is 4.34. The summed E-state index contributed by atoms with van der Waals surface area (Å²) in [6.45, 7) is 3.77. The van der Waals surface area contributed by atoms with E-state index in [4.69, 9.17) is 10.3 Å². The zero-order valence-corrected chi connectivity index (χ0v) is 11.4. The molecule has 0 aliphatic heterocycles. The summed E-state index contributed by atoms with van der Waals surface area (Å²) >= 11 is 1.94. The molecule has 1 aromatic rings. The molecule has 0 spiro atoms. The van der Waals surface area contributed by atoms with Crippen LogP contribution in [0.1, 0.15) is 57.7 Å². The molecule has 1 aliphatic carbocycles. The summed E-state index contributed by atoms with van der Waals surface area (Å²) in [5, 5.41) is 4.70. The predicted octanol–water partition coefficient (Wildman–Crippen LogP) is 2.83. The summed E-state index contributed by atoms with van der Waals surface area (Å²) in [5.41, 5.74) is 5.40. The maximum Gasteiger partial charge on any atom is 0.236 e. The second-order valence-electron chi connectivity index (χ2n) is 5.30. The van der Waals surface area contributed by atoms with Crippen LogP contribution in [-0.4, -0.2) is 15.4 Å². The van der Waals surface area contributed by atoms with Crippen molar-refractivity contribution in [3.05, 3.63) is 11.7 Å². The van der Waals surface area contributed by atoms with E-state index in [0.717, 1.165) is 11.0 Å². The van der Waals surface area contributed by atoms with E-state index in [-0.39, 0.29) is 0 Å². The molecule has 0 amide bonds. The Hall–Kier alpha value is -0.550. The van der Waals surface area contributed by atoms with Crippen molar-refractivity contribution < 1.29 is 4.52 Å². The van der Waals surface area contributed by atoms with Gasteiger partial charge in [-0.2, -0.15) is 4.98 Å². The van der Waals surface area contributed by atoms with E-state index >= 15 is 0 Å². The van der Waals surface area contributed by atoms with Crippen LogP contribution in [0.3, 0.4) is 0 Å². The molecule has 0 aromatic carbocycles.